The van der Waals surface area contributed by atoms with Crippen molar-refractivity contribution in [2.24, 2.45) is 0 Å². The smallest absolute Gasteiger partial charge is 0.242 e. The molecule has 1 amide bonds. The molecule has 0 radical (unpaired) electrons. The second kappa shape index (κ2) is 8.33. The Morgan fingerprint density at radius 2 is 1.77 bits per heavy atom. The van der Waals surface area contributed by atoms with Gasteiger partial charge in [0.1, 0.15) is 5.75 Å². The second-order valence-corrected chi connectivity index (χ2v) is 7.77. The summed E-state index contributed by atoms with van der Waals surface area (Å²) in [5.41, 5.74) is 2.58. The Balaban J connectivity index is 2.08. The Hall–Kier alpha value is -2.38. The maximum absolute atomic E-state index is 12.5. The van der Waals surface area contributed by atoms with Crippen molar-refractivity contribution in [2.45, 2.75) is 38.6 Å². The van der Waals surface area contributed by atoms with Crippen LogP contribution in [-0.4, -0.2) is 27.0 Å². The van der Waals surface area contributed by atoms with Crippen molar-refractivity contribution in [3.63, 3.8) is 0 Å². The van der Waals surface area contributed by atoms with Crippen molar-refractivity contribution in [1.82, 2.24) is 4.72 Å². The zero-order valence-electron chi connectivity index (χ0n) is 15.4. The lowest BCUT2D eigenvalue weighted by Crippen LogP contribution is -2.41. The van der Waals surface area contributed by atoms with E-state index in [1.807, 2.05) is 39.0 Å². The lowest BCUT2D eigenvalue weighted by atomic mass is 10.1. The number of nitrogens with one attached hydrogen (secondary N) is 2. The molecule has 0 aromatic heterocycles. The van der Waals surface area contributed by atoms with Crippen LogP contribution >= 0.6 is 0 Å². The quantitative estimate of drug-likeness (QED) is 0.778. The largest absolute Gasteiger partial charge is 0.494 e. The van der Waals surface area contributed by atoms with E-state index < -0.39 is 22.0 Å². The van der Waals surface area contributed by atoms with Crippen LogP contribution in [0.4, 0.5) is 5.69 Å². The monoisotopic (exact) mass is 376 g/mol. The van der Waals surface area contributed by atoms with E-state index >= 15 is 0 Å². The number of amides is 1. The molecule has 0 heterocycles. The third-order valence-electron chi connectivity index (χ3n) is 3.82. The molecule has 0 saturated heterocycles. The number of anilines is 1. The predicted molar refractivity (Wildman–Crippen MR) is 102 cm³/mol. The molecule has 1 atom stereocenters. The lowest BCUT2D eigenvalue weighted by Gasteiger charge is -2.16. The highest BCUT2D eigenvalue weighted by molar-refractivity contribution is 7.89. The highest BCUT2D eigenvalue weighted by atomic mass is 32.2. The lowest BCUT2D eigenvalue weighted by molar-refractivity contribution is -0.117. The van der Waals surface area contributed by atoms with Crippen LogP contribution in [0, 0.1) is 13.8 Å². The van der Waals surface area contributed by atoms with E-state index in [1.165, 1.54) is 19.1 Å². The van der Waals surface area contributed by atoms with Gasteiger partial charge in [-0.05, 0) is 69.2 Å². The fourth-order valence-corrected chi connectivity index (χ4v) is 3.55. The third kappa shape index (κ3) is 5.06. The number of sulfonamides is 1. The highest BCUT2D eigenvalue weighted by Gasteiger charge is 2.22. The van der Waals surface area contributed by atoms with Gasteiger partial charge in [0.15, 0.2) is 0 Å². The maximum Gasteiger partial charge on any atom is 0.242 e. The summed E-state index contributed by atoms with van der Waals surface area (Å²) < 4.78 is 32.6. The van der Waals surface area contributed by atoms with Crippen LogP contribution in [0.3, 0.4) is 0 Å². The molecular weight excluding hydrogens is 352 g/mol. The molecule has 0 aliphatic carbocycles. The third-order valence-corrected chi connectivity index (χ3v) is 5.38. The summed E-state index contributed by atoms with van der Waals surface area (Å²) in [5.74, 6) is 0.167. The first-order valence-electron chi connectivity index (χ1n) is 8.36. The number of hydrogen-bond donors (Lipinski definition) is 2. The molecule has 0 unspecified atom stereocenters. The number of hydrogen-bond acceptors (Lipinski definition) is 4. The van der Waals surface area contributed by atoms with Gasteiger partial charge in [-0.1, -0.05) is 12.1 Å². The molecular formula is C19H24N2O4S. The zero-order chi connectivity index (χ0) is 19.3. The van der Waals surface area contributed by atoms with E-state index in [-0.39, 0.29) is 4.90 Å². The van der Waals surface area contributed by atoms with E-state index in [0.29, 0.717) is 18.0 Å². The van der Waals surface area contributed by atoms with Crippen LogP contribution in [-0.2, 0) is 14.8 Å². The van der Waals surface area contributed by atoms with E-state index in [9.17, 15) is 13.2 Å². The van der Waals surface area contributed by atoms with Crippen LogP contribution in [0.15, 0.2) is 47.4 Å². The number of carbonyl (C=O) groups excluding carboxylic acids is 1. The van der Waals surface area contributed by atoms with Crippen molar-refractivity contribution >= 4 is 21.6 Å². The van der Waals surface area contributed by atoms with E-state index in [2.05, 4.69) is 10.0 Å². The second-order valence-electron chi connectivity index (χ2n) is 6.06. The first-order valence-corrected chi connectivity index (χ1v) is 9.84. The summed E-state index contributed by atoms with van der Waals surface area (Å²) in [5, 5.41) is 2.76. The first kappa shape index (κ1) is 19.9. The molecule has 0 fully saturated rings. The molecule has 0 saturated carbocycles. The van der Waals surface area contributed by atoms with E-state index in [4.69, 9.17) is 4.74 Å². The van der Waals surface area contributed by atoms with Crippen molar-refractivity contribution in [3.8, 4) is 5.75 Å². The van der Waals surface area contributed by atoms with Crippen LogP contribution in [0.25, 0.3) is 0 Å². The van der Waals surface area contributed by atoms with Crippen molar-refractivity contribution in [3.05, 3.63) is 53.6 Å². The highest BCUT2D eigenvalue weighted by Crippen LogP contribution is 2.18. The Morgan fingerprint density at radius 1 is 1.12 bits per heavy atom. The van der Waals surface area contributed by atoms with Gasteiger partial charge in [-0.3, -0.25) is 4.79 Å². The van der Waals surface area contributed by atoms with Gasteiger partial charge in [0.05, 0.1) is 17.5 Å². The summed E-state index contributed by atoms with van der Waals surface area (Å²) in [6, 6.07) is 10.8. The molecule has 2 aromatic carbocycles. The van der Waals surface area contributed by atoms with E-state index in [0.717, 1.165) is 11.1 Å². The Bertz CT molecular complexity index is 877. The van der Waals surface area contributed by atoms with Crippen molar-refractivity contribution in [2.75, 3.05) is 11.9 Å². The summed E-state index contributed by atoms with van der Waals surface area (Å²) in [7, 11) is -3.81. The van der Waals surface area contributed by atoms with Gasteiger partial charge in [-0.25, -0.2) is 8.42 Å². The molecule has 0 bridgehead atoms. The predicted octanol–water partition coefficient (Wildman–Crippen LogP) is 3.01. The average Bonchev–Trinajstić information content (AvgIpc) is 2.58. The molecule has 26 heavy (non-hydrogen) atoms. The van der Waals surface area contributed by atoms with E-state index in [1.54, 1.807) is 12.1 Å². The zero-order valence-corrected chi connectivity index (χ0v) is 16.2. The van der Waals surface area contributed by atoms with Gasteiger partial charge >= 0.3 is 0 Å². The van der Waals surface area contributed by atoms with Crippen molar-refractivity contribution < 1.29 is 17.9 Å². The molecule has 2 N–H and O–H groups in total. The number of ether oxygens (including phenoxy) is 1. The molecule has 2 aromatic rings. The molecule has 0 aliphatic heterocycles. The fraction of sp³-hybridized carbons (Fsp3) is 0.316. The minimum absolute atomic E-state index is 0.0762. The molecule has 140 valence electrons. The van der Waals surface area contributed by atoms with Crippen LogP contribution in [0.1, 0.15) is 25.0 Å². The van der Waals surface area contributed by atoms with Crippen LogP contribution < -0.4 is 14.8 Å². The van der Waals surface area contributed by atoms with Gasteiger partial charge in [0.2, 0.25) is 15.9 Å². The SMILES string of the molecule is CCOc1ccc(S(=O)(=O)N[C@H](C)C(=O)Nc2cc(C)ccc2C)cc1. The van der Waals surface area contributed by atoms with Crippen LogP contribution in [0.5, 0.6) is 5.75 Å². The van der Waals surface area contributed by atoms with Crippen LogP contribution in [0.2, 0.25) is 0 Å². The summed E-state index contributed by atoms with van der Waals surface area (Å²) >= 11 is 0. The van der Waals surface area contributed by atoms with Gasteiger partial charge in [-0.15, -0.1) is 0 Å². The minimum atomic E-state index is -3.81. The number of carbonyl (C=O) groups is 1. The van der Waals surface area contributed by atoms with Gasteiger partial charge < -0.3 is 10.1 Å². The van der Waals surface area contributed by atoms with Gasteiger partial charge in [-0.2, -0.15) is 4.72 Å². The molecule has 6 nitrogen and oxygen atoms in total. The first-order chi connectivity index (χ1) is 12.2. The summed E-state index contributed by atoms with van der Waals surface area (Å²) in [4.78, 5) is 12.4. The maximum atomic E-state index is 12.5. The molecule has 0 aliphatic rings. The van der Waals surface area contributed by atoms with Gasteiger partial charge in [0.25, 0.3) is 0 Å². The topological polar surface area (TPSA) is 84.5 Å². The average molecular weight is 376 g/mol. The Morgan fingerprint density at radius 3 is 2.38 bits per heavy atom. The van der Waals surface area contributed by atoms with Crippen molar-refractivity contribution in [1.29, 1.82) is 0 Å². The Labute approximate surface area is 154 Å². The summed E-state index contributed by atoms with van der Waals surface area (Å²) in [6.45, 7) is 7.66. The molecule has 0 spiro atoms. The standard InChI is InChI=1S/C19H24N2O4S/c1-5-25-16-8-10-17(11-9-16)26(23,24)21-15(4)19(22)20-18-12-13(2)6-7-14(18)3/h6-12,15,21H,5H2,1-4H3,(H,20,22)/t15-/m1/s1. The Kier molecular flexibility index (Phi) is 6.39. The normalized spacial score (nSPS) is 12.5. The summed E-state index contributed by atoms with van der Waals surface area (Å²) in [6.07, 6.45) is 0. The minimum Gasteiger partial charge on any atom is -0.494 e. The fourth-order valence-electron chi connectivity index (χ4n) is 2.35. The number of aryl methyl sites for hydroxylation is 2. The molecule has 2 rings (SSSR count). The molecule has 7 heteroatoms. The number of benzene rings is 2. The number of rotatable bonds is 7. The van der Waals surface area contributed by atoms with Gasteiger partial charge in [0, 0.05) is 5.69 Å².